The fourth-order valence-corrected chi connectivity index (χ4v) is 2.73. The molecule has 0 aromatic heterocycles. The van der Waals surface area contributed by atoms with E-state index in [-0.39, 0.29) is 11.1 Å². The summed E-state index contributed by atoms with van der Waals surface area (Å²) in [5, 5.41) is 0.198. The molecule has 102 valence electrons. The predicted molar refractivity (Wildman–Crippen MR) is 78.4 cm³/mol. The molecule has 3 nitrogen and oxygen atoms in total. The summed E-state index contributed by atoms with van der Waals surface area (Å²) < 4.78 is 11.9. The topological polar surface area (TPSA) is 30.8 Å². The number of ether oxygens (including phenoxy) is 1. The van der Waals surface area contributed by atoms with Gasteiger partial charge >= 0.3 is 0 Å². The Morgan fingerprint density at radius 1 is 1.50 bits per heavy atom. The van der Waals surface area contributed by atoms with Gasteiger partial charge in [0.25, 0.3) is 0 Å². The summed E-state index contributed by atoms with van der Waals surface area (Å²) in [4.78, 5) is 4.05. The van der Waals surface area contributed by atoms with Crippen molar-refractivity contribution in [1.82, 2.24) is 0 Å². The van der Waals surface area contributed by atoms with Gasteiger partial charge < -0.3 is 9.16 Å². The summed E-state index contributed by atoms with van der Waals surface area (Å²) in [5.74, 6) is 0.753. The summed E-state index contributed by atoms with van der Waals surface area (Å²) in [6, 6.07) is 0. The van der Waals surface area contributed by atoms with E-state index in [0.717, 1.165) is 12.2 Å². The summed E-state index contributed by atoms with van der Waals surface area (Å²) in [6.07, 6.45) is 4.24. The van der Waals surface area contributed by atoms with Crippen molar-refractivity contribution in [2.45, 2.75) is 58.4 Å². The Morgan fingerprint density at radius 3 is 2.72 bits per heavy atom. The van der Waals surface area contributed by atoms with Crippen molar-refractivity contribution in [3.8, 4) is 0 Å². The van der Waals surface area contributed by atoms with Gasteiger partial charge in [-0.15, -0.1) is 0 Å². The van der Waals surface area contributed by atoms with E-state index in [1.165, 1.54) is 6.40 Å². The lowest BCUT2D eigenvalue weighted by Gasteiger charge is -2.39. The second kappa shape index (κ2) is 5.87. The van der Waals surface area contributed by atoms with Crippen LogP contribution in [0.15, 0.2) is 22.6 Å². The first kappa shape index (κ1) is 15.2. The van der Waals surface area contributed by atoms with Gasteiger partial charge in [0.1, 0.15) is 6.10 Å². The Balaban J connectivity index is 2.86. The lowest BCUT2D eigenvalue weighted by Crippen LogP contribution is -2.44. The smallest absolute Gasteiger partial charge is 0.193 e. The van der Waals surface area contributed by atoms with Gasteiger partial charge in [0.2, 0.25) is 0 Å². The van der Waals surface area contributed by atoms with E-state index in [9.17, 15) is 0 Å². The van der Waals surface area contributed by atoms with Crippen LogP contribution < -0.4 is 0 Å². The van der Waals surface area contributed by atoms with Crippen LogP contribution >= 0.6 is 0 Å². The Labute approximate surface area is 112 Å². The zero-order valence-corrected chi connectivity index (χ0v) is 13.4. The summed E-state index contributed by atoms with van der Waals surface area (Å²) in [6.45, 7) is 14.0. The standard InChI is InChI=1S/C14H25NO2Si/c1-7-12(13-9-8-10-15-11-16-13)17-18(5,6)14(2,3)4/h8,11-12H,7,10H2,1-6H3. The molecule has 1 atom stereocenters. The minimum absolute atomic E-state index is 0.0216. The Hall–Kier alpha value is -0.833. The van der Waals surface area contributed by atoms with Gasteiger partial charge in [-0.05, 0) is 30.6 Å². The average molecular weight is 267 g/mol. The number of aliphatic imine (C=N–C) groups is 1. The molecule has 1 aliphatic heterocycles. The van der Waals surface area contributed by atoms with E-state index < -0.39 is 8.32 Å². The van der Waals surface area contributed by atoms with Crippen LogP contribution in [-0.2, 0) is 9.16 Å². The highest BCUT2D eigenvalue weighted by Gasteiger charge is 2.39. The number of hydrogen-bond acceptors (Lipinski definition) is 3. The SMILES string of the molecule is CCC(O[Si](C)(C)C(C)(C)C)C1=C=CCN=CO1. The Kier molecular flexibility index (Phi) is 4.97. The van der Waals surface area contributed by atoms with Crippen LogP contribution in [0.2, 0.25) is 18.1 Å². The van der Waals surface area contributed by atoms with Crippen LogP contribution in [0.4, 0.5) is 0 Å². The highest BCUT2D eigenvalue weighted by molar-refractivity contribution is 6.74. The molecule has 0 amide bonds. The van der Waals surface area contributed by atoms with Gasteiger partial charge in [0.05, 0.1) is 6.54 Å². The van der Waals surface area contributed by atoms with Crippen LogP contribution in [0, 0.1) is 0 Å². The van der Waals surface area contributed by atoms with Gasteiger partial charge in [-0.2, -0.15) is 0 Å². The fourth-order valence-electron chi connectivity index (χ4n) is 1.39. The second-order valence-corrected chi connectivity index (χ2v) is 10.8. The molecule has 0 aromatic carbocycles. The van der Waals surface area contributed by atoms with E-state index in [1.54, 1.807) is 0 Å². The monoisotopic (exact) mass is 267 g/mol. The van der Waals surface area contributed by atoms with Crippen molar-refractivity contribution in [2.24, 2.45) is 4.99 Å². The quantitative estimate of drug-likeness (QED) is 0.571. The minimum atomic E-state index is -1.79. The molecule has 1 aliphatic rings. The molecule has 0 N–H and O–H groups in total. The fraction of sp³-hybridized carbons (Fsp3) is 0.714. The molecule has 0 aliphatic carbocycles. The molecule has 4 heteroatoms. The van der Waals surface area contributed by atoms with Gasteiger partial charge in [-0.25, -0.2) is 0 Å². The molecule has 1 rings (SSSR count). The van der Waals surface area contributed by atoms with Crippen molar-refractivity contribution >= 4 is 14.7 Å². The second-order valence-electron chi connectivity index (χ2n) is 6.08. The van der Waals surface area contributed by atoms with E-state index in [2.05, 4.69) is 51.5 Å². The maximum absolute atomic E-state index is 6.38. The average Bonchev–Trinajstić information content (AvgIpc) is 2.52. The van der Waals surface area contributed by atoms with E-state index >= 15 is 0 Å². The lowest BCUT2D eigenvalue weighted by molar-refractivity contribution is 0.162. The third-order valence-electron chi connectivity index (χ3n) is 3.60. The Morgan fingerprint density at radius 2 is 2.17 bits per heavy atom. The first-order valence-electron chi connectivity index (χ1n) is 6.56. The maximum atomic E-state index is 6.38. The number of nitrogens with zero attached hydrogens (tertiary/aromatic N) is 1. The molecule has 0 radical (unpaired) electrons. The summed E-state index contributed by atoms with van der Waals surface area (Å²) in [5.41, 5.74) is 3.15. The summed E-state index contributed by atoms with van der Waals surface area (Å²) >= 11 is 0. The van der Waals surface area contributed by atoms with Crippen LogP contribution in [0.5, 0.6) is 0 Å². The largest absolute Gasteiger partial charge is 0.440 e. The van der Waals surface area contributed by atoms with Crippen molar-refractivity contribution in [3.63, 3.8) is 0 Å². The molecule has 1 heterocycles. The minimum Gasteiger partial charge on any atom is -0.440 e. The highest BCUT2D eigenvalue weighted by Crippen LogP contribution is 2.38. The molecule has 1 unspecified atom stereocenters. The number of hydrogen-bond donors (Lipinski definition) is 0. The molecule has 18 heavy (non-hydrogen) atoms. The molecular formula is C14H25NO2Si. The predicted octanol–water partition coefficient (Wildman–Crippen LogP) is 3.88. The number of rotatable bonds is 4. The van der Waals surface area contributed by atoms with Gasteiger partial charge in [-0.1, -0.05) is 33.4 Å². The van der Waals surface area contributed by atoms with Crippen LogP contribution in [0.25, 0.3) is 0 Å². The Bertz CT molecular complexity index is 374. The molecular weight excluding hydrogens is 242 g/mol. The van der Waals surface area contributed by atoms with E-state index in [1.807, 2.05) is 6.08 Å². The zero-order valence-electron chi connectivity index (χ0n) is 12.4. The molecule has 0 saturated heterocycles. The van der Waals surface area contributed by atoms with Crippen molar-refractivity contribution in [3.05, 3.63) is 17.6 Å². The highest BCUT2D eigenvalue weighted by atomic mass is 28.4. The molecule has 0 saturated carbocycles. The van der Waals surface area contributed by atoms with Gasteiger partial charge in [0, 0.05) is 0 Å². The van der Waals surface area contributed by atoms with Crippen molar-refractivity contribution in [2.75, 3.05) is 6.54 Å². The van der Waals surface area contributed by atoms with Crippen molar-refractivity contribution in [1.29, 1.82) is 0 Å². The zero-order chi connectivity index (χ0) is 13.8. The van der Waals surface area contributed by atoms with E-state index in [4.69, 9.17) is 9.16 Å². The van der Waals surface area contributed by atoms with Crippen LogP contribution in [0.3, 0.4) is 0 Å². The first-order chi connectivity index (χ1) is 8.28. The third kappa shape index (κ3) is 3.84. The normalized spacial score (nSPS) is 18.0. The van der Waals surface area contributed by atoms with E-state index in [0.29, 0.717) is 6.54 Å². The summed E-state index contributed by atoms with van der Waals surface area (Å²) in [7, 11) is -1.79. The van der Waals surface area contributed by atoms with Gasteiger partial charge in [-0.3, -0.25) is 4.99 Å². The molecule has 0 spiro atoms. The lowest BCUT2D eigenvalue weighted by atomic mass is 10.2. The first-order valence-corrected chi connectivity index (χ1v) is 9.46. The van der Waals surface area contributed by atoms with Crippen LogP contribution in [0.1, 0.15) is 34.1 Å². The van der Waals surface area contributed by atoms with Gasteiger partial charge in [0.15, 0.2) is 20.5 Å². The van der Waals surface area contributed by atoms with Crippen molar-refractivity contribution < 1.29 is 9.16 Å². The van der Waals surface area contributed by atoms with Crippen LogP contribution in [-0.4, -0.2) is 27.4 Å². The third-order valence-corrected chi connectivity index (χ3v) is 8.09. The molecule has 0 aromatic rings. The maximum Gasteiger partial charge on any atom is 0.193 e. The molecule has 0 bridgehead atoms. The molecule has 0 fully saturated rings.